The molecule has 0 spiro atoms. The lowest BCUT2D eigenvalue weighted by atomic mass is 10.0. The lowest BCUT2D eigenvalue weighted by Gasteiger charge is -2.18. The van der Waals surface area contributed by atoms with Crippen LogP contribution in [0.3, 0.4) is 0 Å². The second-order valence-electron chi connectivity index (χ2n) is 6.62. The Balaban J connectivity index is 0.00000280. The van der Waals surface area contributed by atoms with Crippen LogP contribution in [0.1, 0.15) is 29.2 Å². The average Bonchev–Trinajstić information content (AvgIpc) is 2.96. The van der Waals surface area contributed by atoms with Gasteiger partial charge in [0.15, 0.2) is 0 Å². The Bertz CT molecular complexity index is 868. The van der Waals surface area contributed by atoms with Gasteiger partial charge in [-0.1, -0.05) is 36.4 Å². The number of urea groups is 1. The van der Waals surface area contributed by atoms with Crippen molar-refractivity contribution in [1.29, 1.82) is 5.41 Å². The number of amides is 2. The fourth-order valence-corrected chi connectivity index (χ4v) is 3.22. The molecule has 0 saturated carbocycles. The summed E-state index contributed by atoms with van der Waals surface area (Å²) in [6, 6.07) is 14.6. The first kappa shape index (κ1) is 21.2. The van der Waals surface area contributed by atoms with Gasteiger partial charge >= 0.3 is 12.0 Å². The van der Waals surface area contributed by atoms with Gasteiger partial charge < -0.3 is 15.7 Å². The lowest BCUT2D eigenvalue weighted by molar-refractivity contribution is -0.136. The second-order valence-corrected chi connectivity index (χ2v) is 6.62. The third kappa shape index (κ3) is 4.43. The summed E-state index contributed by atoms with van der Waals surface area (Å²) in [4.78, 5) is 26.8. The number of carbonyl (C=O) groups excluding carboxylic acids is 1. The molecule has 1 atom stereocenters. The first-order chi connectivity index (χ1) is 12.9. The highest BCUT2D eigenvalue weighted by Gasteiger charge is 2.36. The summed E-state index contributed by atoms with van der Waals surface area (Å²) in [7, 11) is 1.77. The molecular formula is C20H23ClN4O3. The smallest absolute Gasteiger partial charge is 0.324 e. The van der Waals surface area contributed by atoms with Crippen LogP contribution in [0, 0.1) is 5.41 Å². The molecule has 1 heterocycles. The molecule has 0 aliphatic carbocycles. The van der Waals surface area contributed by atoms with Crippen LogP contribution >= 0.6 is 12.4 Å². The van der Waals surface area contributed by atoms with Crippen LogP contribution < -0.4 is 10.6 Å². The van der Waals surface area contributed by atoms with E-state index in [1.807, 2.05) is 36.4 Å². The number of nitrogens with zero attached hydrogens (tertiary/aromatic N) is 2. The van der Waals surface area contributed by atoms with Gasteiger partial charge in [-0.05, 0) is 29.7 Å². The highest BCUT2D eigenvalue weighted by atomic mass is 35.5. The maximum absolute atomic E-state index is 12.7. The number of benzene rings is 2. The molecule has 0 aromatic heterocycles. The minimum absolute atomic E-state index is 0. The minimum Gasteiger partial charge on any atom is -0.481 e. The van der Waals surface area contributed by atoms with Crippen molar-refractivity contribution in [3.05, 3.63) is 65.2 Å². The van der Waals surface area contributed by atoms with Crippen LogP contribution in [-0.4, -0.2) is 41.4 Å². The highest BCUT2D eigenvalue weighted by molar-refractivity contribution is 5.96. The van der Waals surface area contributed by atoms with Crippen LogP contribution in [0.25, 0.3) is 0 Å². The zero-order chi connectivity index (χ0) is 19.6. The summed E-state index contributed by atoms with van der Waals surface area (Å²) in [5, 5.41) is 16.2. The Labute approximate surface area is 169 Å². The summed E-state index contributed by atoms with van der Waals surface area (Å²) >= 11 is 0. The number of hydrogen-bond donors (Lipinski definition) is 3. The predicted octanol–water partition coefficient (Wildman–Crippen LogP) is 3.02. The molecular weight excluding hydrogens is 380 g/mol. The van der Waals surface area contributed by atoms with Crippen LogP contribution in [0.4, 0.5) is 10.5 Å². The number of halogens is 1. The summed E-state index contributed by atoms with van der Waals surface area (Å²) in [5.74, 6) is -0.809. The number of aryl methyl sites for hydroxylation is 1. The van der Waals surface area contributed by atoms with E-state index >= 15 is 0 Å². The molecule has 3 rings (SSSR count). The maximum atomic E-state index is 12.7. The normalized spacial score (nSPS) is 16.0. The van der Waals surface area contributed by atoms with Crippen molar-refractivity contribution in [2.24, 2.45) is 5.73 Å². The van der Waals surface area contributed by atoms with Gasteiger partial charge in [-0.25, -0.2) is 4.79 Å². The number of rotatable bonds is 6. The van der Waals surface area contributed by atoms with Gasteiger partial charge in [0.2, 0.25) is 0 Å². The number of carboxylic acids is 1. The third-order valence-corrected chi connectivity index (χ3v) is 4.84. The Morgan fingerprint density at radius 3 is 2.32 bits per heavy atom. The van der Waals surface area contributed by atoms with Crippen LogP contribution in [0.5, 0.6) is 0 Å². The van der Waals surface area contributed by atoms with Gasteiger partial charge in [0, 0.05) is 24.7 Å². The number of nitrogens with two attached hydrogens (primary N) is 1. The first-order valence-corrected chi connectivity index (χ1v) is 8.66. The fraction of sp³-hybridized carbons (Fsp3) is 0.250. The standard InChI is InChI=1S/C20H22N4O3.ClH/c1-23-17(14-5-7-15(8-6-14)19(21)22)12-24(20(23)27)16-9-2-13(3-10-16)4-11-18(25)26;/h2-3,5-10,17H,4,11-12H2,1H3,(H3,21,22)(H,25,26);1H. The Kier molecular flexibility index (Phi) is 6.64. The minimum atomic E-state index is -0.825. The number of hydrogen-bond acceptors (Lipinski definition) is 3. The van der Waals surface area contributed by atoms with E-state index in [0.29, 0.717) is 18.5 Å². The van der Waals surface area contributed by atoms with E-state index < -0.39 is 5.97 Å². The van der Waals surface area contributed by atoms with Gasteiger partial charge in [-0.2, -0.15) is 0 Å². The quantitative estimate of drug-likeness (QED) is 0.509. The molecule has 8 heteroatoms. The van der Waals surface area contributed by atoms with Gasteiger partial charge in [-0.15, -0.1) is 12.4 Å². The number of carbonyl (C=O) groups is 2. The molecule has 148 valence electrons. The van der Waals surface area contributed by atoms with Gasteiger partial charge in [0.25, 0.3) is 0 Å². The van der Waals surface area contributed by atoms with Crippen molar-refractivity contribution in [1.82, 2.24) is 4.90 Å². The molecule has 2 amide bonds. The predicted molar refractivity (Wildman–Crippen MR) is 110 cm³/mol. The summed E-state index contributed by atoms with van der Waals surface area (Å²) in [5.41, 5.74) is 8.84. The SMILES string of the molecule is CN1C(=O)N(c2ccc(CCC(=O)O)cc2)CC1c1ccc(C(=N)N)cc1.Cl. The number of nitrogen functional groups attached to an aromatic ring is 1. The molecule has 1 saturated heterocycles. The molecule has 1 aliphatic heterocycles. The van der Waals surface area contributed by atoms with Crippen molar-refractivity contribution in [3.63, 3.8) is 0 Å². The topological polar surface area (TPSA) is 111 Å². The van der Waals surface area contributed by atoms with Crippen LogP contribution in [0.2, 0.25) is 0 Å². The molecule has 0 radical (unpaired) electrons. The number of likely N-dealkylation sites (N-methyl/N-ethyl adjacent to an activating group) is 1. The molecule has 2 aromatic rings. The zero-order valence-corrected chi connectivity index (χ0v) is 16.3. The molecule has 2 aromatic carbocycles. The summed E-state index contributed by atoms with van der Waals surface area (Å²) in [6.07, 6.45) is 0.553. The van der Waals surface area contributed by atoms with E-state index in [2.05, 4.69) is 0 Å². The Hall–Kier alpha value is -3.06. The number of carboxylic acid groups (broad SMARTS) is 1. The van der Waals surface area contributed by atoms with E-state index in [1.54, 1.807) is 29.0 Å². The molecule has 1 fully saturated rings. The monoisotopic (exact) mass is 402 g/mol. The Morgan fingerprint density at radius 1 is 1.18 bits per heavy atom. The van der Waals surface area contributed by atoms with Crippen LogP contribution in [0.15, 0.2) is 48.5 Å². The van der Waals surface area contributed by atoms with E-state index in [1.165, 1.54) is 0 Å². The largest absolute Gasteiger partial charge is 0.481 e. The van der Waals surface area contributed by atoms with Gasteiger partial charge in [-0.3, -0.25) is 15.1 Å². The number of anilines is 1. The zero-order valence-electron chi connectivity index (χ0n) is 15.5. The van der Waals surface area contributed by atoms with Crippen molar-refractivity contribution in [3.8, 4) is 0 Å². The molecule has 1 aliphatic rings. The van der Waals surface area contributed by atoms with Crippen molar-refractivity contribution in [2.75, 3.05) is 18.5 Å². The maximum Gasteiger partial charge on any atom is 0.324 e. The lowest BCUT2D eigenvalue weighted by Crippen LogP contribution is -2.29. The van der Waals surface area contributed by atoms with E-state index in [4.69, 9.17) is 16.2 Å². The molecule has 7 nitrogen and oxygen atoms in total. The number of amidine groups is 1. The number of nitrogens with one attached hydrogen (secondary N) is 1. The van der Waals surface area contributed by atoms with Crippen molar-refractivity contribution in [2.45, 2.75) is 18.9 Å². The van der Waals surface area contributed by atoms with Crippen molar-refractivity contribution >= 4 is 35.9 Å². The van der Waals surface area contributed by atoms with Gasteiger partial charge in [0.05, 0.1) is 12.6 Å². The summed E-state index contributed by atoms with van der Waals surface area (Å²) < 4.78 is 0. The molecule has 0 bridgehead atoms. The highest BCUT2D eigenvalue weighted by Crippen LogP contribution is 2.32. The second kappa shape index (κ2) is 8.75. The van der Waals surface area contributed by atoms with Gasteiger partial charge in [0.1, 0.15) is 5.84 Å². The third-order valence-electron chi connectivity index (χ3n) is 4.84. The fourth-order valence-electron chi connectivity index (χ4n) is 3.22. The number of aliphatic carboxylic acids is 1. The van der Waals surface area contributed by atoms with E-state index in [0.717, 1.165) is 16.8 Å². The first-order valence-electron chi connectivity index (χ1n) is 8.66. The van der Waals surface area contributed by atoms with E-state index in [9.17, 15) is 9.59 Å². The molecule has 4 N–H and O–H groups in total. The average molecular weight is 403 g/mol. The Morgan fingerprint density at radius 2 is 1.79 bits per heavy atom. The molecule has 1 unspecified atom stereocenters. The summed E-state index contributed by atoms with van der Waals surface area (Å²) in [6.45, 7) is 0.517. The molecule has 28 heavy (non-hydrogen) atoms. The van der Waals surface area contributed by atoms with E-state index in [-0.39, 0.29) is 36.7 Å². The van der Waals surface area contributed by atoms with Crippen LogP contribution in [-0.2, 0) is 11.2 Å². The van der Waals surface area contributed by atoms with Crippen molar-refractivity contribution < 1.29 is 14.7 Å².